The van der Waals surface area contributed by atoms with Gasteiger partial charge in [0, 0.05) is 6.42 Å². The molecule has 4 nitrogen and oxygen atoms in total. The Morgan fingerprint density at radius 1 is 1.42 bits per heavy atom. The number of nitrogens with zero attached hydrogens (tertiary/aromatic N) is 2. The van der Waals surface area contributed by atoms with E-state index in [9.17, 15) is 0 Å². The van der Waals surface area contributed by atoms with Crippen LogP contribution in [0, 0.1) is 0 Å². The second-order valence-electron chi connectivity index (χ2n) is 4.97. The van der Waals surface area contributed by atoms with Crippen LogP contribution in [0.1, 0.15) is 55.5 Å². The van der Waals surface area contributed by atoms with Crippen molar-refractivity contribution in [3.8, 4) is 0 Å². The zero-order valence-corrected chi connectivity index (χ0v) is 12.5. The molecule has 0 amide bonds. The topological polar surface area (TPSA) is 51.0 Å². The molecule has 19 heavy (non-hydrogen) atoms. The molecule has 2 rings (SSSR count). The first-order chi connectivity index (χ1) is 9.22. The summed E-state index contributed by atoms with van der Waals surface area (Å²) in [4.78, 5) is 1.24. The number of hydrogen-bond acceptors (Lipinski definition) is 5. The van der Waals surface area contributed by atoms with Crippen LogP contribution in [0.5, 0.6) is 0 Å². The Morgan fingerprint density at radius 3 is 2.89 bits per heavy atom. The molecular formula is C14H21N3OS. The van der Waals surface area contributed by atoms with Crippen LogP contribution in [-0.4, -0.2) is 16.1 Å². The highest BCUT2D eigenvalue weighted by atomic mass is 32.1. The van der Waals surface area contributed by atoms with Gasteiger partial charge < -0.3 is 9.73 Å². The summed E-state index contributed by atoms with van der Waals surface area (Å²) in [5.41, 5.74) is 1.10. The molecule has 1 unspecified atom stereocenters. The van der Waals surface area contributed by atoms with Crippen LogP contribution in [0.3, 0.4) is 0 Å². The third kappa shape index (κ3) is 3.64. The lowest BCUT2D eigenvalue weighted by molar-refractivity contribution is 0.450. The summed E-state index contributed by atoms with van der Waals surface area (Å²) in [6.07, 6.45) is 3.68. The maximum absolute atomic E-state index is 5.47. The van der Waals surface area contributed by atoms with E-state index < -0.39 is 0 Å². The molecule has 0 aliphatic rings. The molecule has 1 N–H and O–H groups in total. The van der Waals surface area contributed by atoms with Gasteiger partial charge in [0.15, 0.2) is 0 Å². The first-order valence-electron chi connectivity index (χ1n) is 6.80. The first kappa shape index (κ1) is 14.2. The monoisotopic (exact) mass is 279 g/mol. The Bertz CT molecular complexity index is 479. The molecule has 0 fully saturated rings. The lowest BCUT2D eigenvalue weighted by atomic mass is 10.0. The maximum Gasteiger partial charge on any atom is 0.105 e. The Labute approximate surface area is 118 Å². The molecular weight excluding hydrogens is 258 g/mol. The quantitative estimate of drug-likeness (QED) is 0.842. The van der Waals surface area contributed by atoms with E-state index in [-0.39, 0.29) is 6.04 Å². The third-order valence-corrected chi connectivity index (χ3v) is 3.88. The summed E-state index contributed by atoms with van der Waals surface area (Å²) < 4.78 is 9.59. The molecule has 0 radical (unpaired) electrons. The van der Waals surface area contributed by atoms with Crippen LogP contribution >= 0.6 is 11.5 Å². The minimum Gasteiger partial charge on any atom is -0.469 e. The first-order valence-corrected chi connectivity index (χ1v) is 7.57. The van der Waals surface area contributed by atoms with Crippen LogP contribution in [-0.2, 0) is 6.42 Å². The van der Waals surface area contributed by atoms with E-state index in [0.29, 0.717) is 5.92 Å². The number of hydrogen-bond donors (Lipinski definition) is 1. The van der Waals surface area contributed by atoms with E-state index in [0.717, 1.165) is 30.8 Å². The zero-order chi connectivity index (χ0) is 13.7. The van der Waals surface area contributed by atoms with Gasteiger partial charge in [-0.05, 0) is 42.5 Å². The molecule has 1 atom stereocenters. The Morgan fingerprint density at radius 2 is 2.26 bits per heavy atom. The highest BCUT2D eigenvalue weighted by Crippen LogP contribution is 2.28. The highest BCUT2D eigenvalue weighted by molar-refractivity contribution is 7.05. The Balaban J connectivity index is 2.18. The average molecular weight is 279 g/mol. The fourth-order valence-corrected chi connectivity index (χ4v) is 2.93. The predicted octanol–water partition coefficient (Wildman–Crippen LogP) is 3.54. The van der Waals surface area contributed by atoms with E-state index >= 15 is 0 Å². The van der Waals surface area contributed by atoms with Crippen LogP contribution in [0.2, 0.25) is 0 Å². The molecule has 0 bridgehead atoms. The van der Waals surface area contributed by atoms with Gasteiger partial charge >= 0.3 is 0 Å². The number of rotatable bonds is 7. The van der Waals surface area contributed by atoms with Gasteiger partial charge in [-0.2, -0.15) is 0 Å². The van der Waals surface area contributed by atoms with Crippen molar-refractivity contribution in [2.45, 2.75) is 45.6 Å². The van der Waals surface area contributed by atoms with Gasteiger partial charge in [-0.25, -0.2) is 0 Å². The Hall–Kier alpha value is -1.20. The fraction of sp³-hybridized carbons (Fsp3) is 0.571. The molecule has 0 aliphatic carbocycles. The minimum atomic E-state index is 0.239. The fourth-order valence-electron chi connectivity index (χ4n) is 2.05. The molecule has 2 aromatic rings. The van der Waals surface area contributed by atoms with Crippen molar-refractivity contribution in [3.05, 3.63) is 34.7 Å². The van der Waals surface area contributed by atoms with Gasteiger partial charge in [-0.1, -0.05) is 25.3 Å². The van der Waals surface area contributed by atoms with Gasteiger partial charge in [0.2, 0.25) is 0 Å². The smallest absolute Gasteiger partial charge is 0.105 e. The van der Waals surface area contributed by atoms with Gasteiger partial charge in [-0.3, -0.25) is 0 Å². The van der Waals surface area contributed by atoms with Crippen molar-refractivity contribution in [1.82, 2.24) is 14.9 Å². The van der Waals surface area contributed by atoms with Crippen molar-refractivity contribution < 1.29 is 4.42 Å². The number of furan rings is 1. The summed E-state index contributed by atoms with van der Waals surface area (Å²) in [6.45, 7) is 7.47. The summed E-state index contributed by atoms with van der Waals surface area (Å²) in [5.74, 6) is 1.40. The van der Waals surface area contributed by atoms with Crippen molar-refractivity contribution in [2.75, 3.05) is 6.54 Å². The molecule has 0 spiro atoms. The molecule has 0 saturated heterocycles. The van der Waals surface area contributed by atoms with Crippen molar-refractivity contribution in [1.29, 1.82) is 0 Å². The van der Waals surface area contributed by atoms with E-state index in [2.05, 4.69) is 35.7 Å². The van der Waals surface area contributed by atoms with Gasteiger partial charge in [0.1, 0.15) is 5.76 Å². The minimum absolute atomic E-state index is 0.239. The molecule has 2 aromatic heterocycles. The Kier molecular flexibility index (Phi) is 5.10. The van der Waals surface area contributed by atoms with Gasteiger partial charge in [0.05, 0.1) is 22.9 Å². The molecule has 104 valence electrons. The second kappa shape index (κ2) is 6.82. The lowest BCUT2D eigenvalue weighted by Crippen LogP contribution is -2.24. The largest absolute Gasteiger partial charge is 0.469 e. The van der Waals surface area contributed by atoms with Crippen LogP contribution in [0.25, 0.3) is 0 Å². The standard InChI is InChI=1S/C14H21N3OS/c1-4-7-15-12(9-11-6-5-8-18-11)14-13(10(2)3)16-17-19-14/h5-6,8,10,12,15H,4,7,9H2,1-3H3. The van der Waals surface area contributed by atoms with Gasteiger partial charge in [-0.15, -0.1) is 5.10 Å². The number of aromatic nitrogens is 2. The van der Waals surface area contributed by atoms with Crippen LogP contribution in [0.15, 0.2) is 22.8 Å². The maximum atomic E-state index is 5.47. The van der Waals surface area contributed by atoms with E-state index in [1.165, 1.54) is 16.4 Å². The summed E-state index contributed by atoms with van der Waals surface area (Å²) in [5, 5.41) is 7.85. The predicted molar refractivity (Wildman–Crippen MR) is 77.4 cm³/mol. The molecule has 0 aliphatic heterocycles. The van der Waals surface area contributed by atoms with Crippen molar-refractivity contribution >= 4 is 11.5 Å². The third-order valence-electron chi connectivity index (χ3n) is 3.03. The molecule has 0 aromatic carbocycles. The van der Waals surface area contributed by atoms with Crippen LogP contribution in [0.4, 0.5) is 0 Å². The zero-order valence-electron chi connectivity index (χ0n) is 11.7. The van der Waals surface area contributed by atoms with Gasteiger partial charge in [0.25, 0.3) is 0 Å². The molecule has 5 heteroatoms. The second-order valence-corrected chi connectivity index (χ2v) is 5.75. The number of nitrogens with one attached hydrogen (secondary N) is 1. The van der Waals surface area contributed by atoms with E-state index in [1.807, 2.05) is 12.1 Å². The summed E-state index contributed by atoms with van der Waals surface area (Å²) >= 11 is 1.49. The highest BCUT2D eigenvalue weighted by Gasteiger charge is 2.21. The molecule has 2 heterocycles. The van der Waals surface area contributed by atoms with E-state index in [1.54, 1.807) is 6.26 Å². The van der Waals surface area contributed by atoms with Crippen molar-refractivity contribution in [3.63, 3.8) is 0 Å². The van der Waals surface area contributed by atoms with E-state index in [4.69, 9.17) is 4.42 Å². The average Bonchev–Trinajstić information content (AvgIpc) is 3.04. The summed E-state index contributed by atoms with van der Waals surface area (Å²) in [6, 6.07) is 4.19. The van der Waals surface area contributed by atoms with Crippen molar-refractivity contribution in [2.24, 2.45) is 0 Å². The normalized spacial score (nSPS) is 13.1. The molecule has 0 saturated carbocycles. The summed E-state index contributed by atoms with van der Waals surface area (Å²) in [7, 11) is 0. The lowest BCUT2D eigenvalue weighted by Gasteiger charge is -2.17. The van der Waals surface area contributed by atoms with Crippen LogP contribution < -0.4 is 5.32 Å². The SMILES string of the molecule is CCCNC(Cc1ccco1)c1snnc1C(C)C.